The second-order valence-electron chi connectivity index (χ2n) is 5.89. The van der Waals surface area contributed by atoms with Gasteiger partial charge in [0.15, 0.2) is 0 Å². The van der Waals surface area contributed by atoms with Gasteiger partial charge in [-0.05, 0) is 42.0 Å². The van der Waals surface area contributed by atoms with E-state index < -0.39 is 0 Å². The van der Waals surface area contributed by atoms with Crippen LogP contribution in [0.4, 0.5) is 0 Å². The molecule has 0 amide bonds. The van der Waals surface area contributed by atoms with Gasteiger partial charge < -0.3 is 10.1 Å². The number of rotatable bonds is 8. The van der Waals surface area contributed by atoms with E-state index in [1.165, 1.54) is 42.4 Å². The van der Waals surface area contributed by atoms with Gasteiger partial charge in [0.1, 0.15) is 0 Å². The minimum Gasteiger partial charge on any atom is -0.372 e. The fraction of sp³-hybridized carbons (Fsp3) is 0.667. The zero-order valence-corrected chi connectivity index (χ0v) is 13.2. The highest BCUT2D eigenvalue weighted by atomic mass is 16.5. The van der Waals surface area contributed by atoms with Gasteiger partial charge in [0.25, 0.3) is 0 Å². The molecule has 2 nitrogen and oxygen atoms in total. The number of ether oxygens (including phenoxy) is 1. The van der Waals surface area contributed by atoms with Crippen molar-refractivity contribution < 1.29 is 4.74 Å². The van der Waals surface area contributed by atoms with E-state index in [1.54, 1.807) is 0 Å². The highest BCUT2D eigenvalue weighted by Gasteiger charge is 2.22. The van der Waals surface area contributed by atoms with Crippen LogP contribution in [-0.4, -0.2) is 6.54 Å². The van der Waals surface area contributed by atoms with Gasteiger partial charge in [-0.15, -0.1) is 0 Å². The molecule has 0 bridgehead atoms. The van der Waals surface area contributed by atoms with E-state index in [-0.39, 0.29) is 0 Å². The molecule has 1 heterocycles. The lowest BCUT2D eigenvalue weighted by atomic mass is 9.85. The Balaban J connectivity index is 2.21. The normalized spacial score (nSPS) is 15.6. The van der Waals surface area contributed by atoms with Crippen LogP contribution in [0.1, 0.15) is 69.2 Å². The molecule has 0 aromatic heterocycles. The minimum atomic E-state index is 0.491. The summed E-state index contributed by atoms with van der Waals surface area (Å²) in [5, 5.41) is 3.72. The summed E-state index contributed by atoms with van der Waals surface area (Å²) in [5.41, 5.74) is 4.20. The quantitative estimate of drug-likeness (QED) is 0.749. The van der Waals surface area contributed by atoms with Crippen LogP contribution in [0.2, 0.25) is 0 Å². The molecule has 112 valence electrons. The molecule has 1 unspecified atom stereocenters. The molecule has 0 saturated heterocycles. The summed E-state index contributed by atoms with van der Waals surface area (Å²) in [6, 6.07) is 7.43. The molecular formula is C18H29NO. The van der Waals surface area contributed by atoms with Crippen LogP contribution >= 0.6 is 0 Å². The van der Waals surface area contributed by atoms with Crippen molar-refractivity contribution in [3.8, 4) is 0 Å². The number of hydrogen-bond acceptors (Lipinski definition) is 2. The van der Waals surface area contributed by atoms with Crippen molar-refractivity contribution >= 4 is 0 Å². The first kappa shape index (κ1) is 15.5. The third-order valence-corrected chi connectivity index (χ3v) is 4.32. The molecule has 0 spiro atoms. The Morgan fingerprint density at radius 2 is 1.75 bits per heavy atom. The number of hydrogen-bond donors (Lipinski definition) is 1. The molecule has 1 atom stereocenters. The minimum absolute atomic E-state index is 0.491. The van der Waals surface area contributed by atoms with Crippen LogP contribution in [-0.2, 0) is 18.0 Å². The fourth-order valence-corrected chi connectivity index (χ4v) is 3.38. The molecule has 0 aliphatic carbocycles. The number of benzene rings is 1. The predicted molar refractivity (Wildman–Crippen MR) is 84.7 cm³/mol. The summed E-state index contributed by atoms with van der Waals surface area (Å²) < 4.78 is 5.54. The molecule has 1 aromatic carbocycles. The van der Waals surface area contributed by atoms with Gasteiger partial charge in [0.2, 0.25) is 0 Å². The van der Waals surface area contributed by atoms with E-state index in [9.17, 15) is 0 Å². The molecule has 1 aromatic rings. The first-order valence-electron chi connectivity index (χ1n) is 8.22. The van der Waals surface area contributed by atoms with Crippen molar-refractivity contribution in [3.05, 3.63) is 34.9 Å². The summed E-state index contributed by atoms with van der Waals surface area (Å²) in [5.74, 6) is 0.741. The third-order valence-electron chi connectivity index (χ3n) is 4.32. The molecule has 20 heavy (non-hydrogen) atoms. The molecule has 0 radical (unpaired) electrons. The fourth-order valence-electron chi connectivity index (χ4n) is 3.38. The average Bonchev–Trinajstić information content (AvgIpc) is 2.92. The van der Waals surface area contributed by atoms with Gasteiger partial charge in [-0.25, -0.2) is 0 Å². The maximum absolute atomic E-state index is 5.54. The Kier molecular flexibility index (Phi) is 6.06. The zero-order valence-electron chi connectivity index (χ0n) is 13.2. The largest absolute Gasteiger partial charge is 0.372 e. The molecule has 1 aliphatic rings. The molecule has 1 aliphatic heterocycles. The predicted octanol–water partition coefficient (Wildman–Crippen LogP) is 4.58. The molecule has 2 heteroatoms. The van der Waals surface area contributed by atoms with Crippen molar-refractivity contribution in [2.45, 2.75) is 65.7 Å². The highest BCUT2D eigenvalue weighted by molar-refractivity contribution is 5.35. The lowest BCUT2D eigenvalue weighted by molar-refractivity contribution is 0.134. The van der Waals surface area contributed by atoms with E-state index in [0.717, 1.165) is 25.7 Å². The van der Waals surface area contributed by atoms with Crippen LogP contribution in [0.5, 0.6) is 0 Å². The van der Waals surface area contributed by atoms with Crippen LogP contribution in [0, 0.1) is 5.92 Å². The van der Waals surface area contributed by atoms with Crippen molar-refractivity contribution in [2.24, 2.45) is 5.92 Å². The van der Waals surface area contributed by atoms with Gasteiger partial charge in [0, 0.05) is 6.04 Å². The molecule has 0 saturated carbocycles. The maximum atomic E-state index is 5.54. The maximum Gasteiger partial charge on any atom is 0.0725 e. The second-order valence-corrected chi connectivity index (χ2v) is 5.89. The van der Waals surface area contributed by atoms with Crippen LogP contribution in [0.3, 0.4) is 0 Å². The first-order chi connectivity index (χ1) is 9.80. The van der Waals surface area contributed by atoms with Gasteiger partial charge in [-0.3, -0.25) is 0 Å². The van der Waals surface area contributed by atoms with Crippen LogP contribution in [0.25, 0.3) is 0 Å². The Morgan fingerprint density at radius 1 is 1.05 bits per heavy atom. The molecule has 1 N–H and O–H groups in total. The highest BCUT2D eigenvalue weighted by Crippen LogP contribution is 2.32. The SMILES string of the molecule is CCCC(CCC)C(NCC)c1ccc2c(c1)COC2. The van der Waals surface area contributed by atoms with Crippen molar-refractivity contribution in [1.82, 2.24) is 5.32 Å². The third kappa shape index (κ3) is 3.62. The summed E-state index contributed by atoms with van der Waals surface area (Å²) in [6.07, 6.45) is 5.14. The first-order valence-corrected chi connectivity index (χ1v) is 8.22. The van der Waals surface area contributed by atoms with Crippen LogP contribution < -0.4 is 5.32 Å². The Hall–Kier alpha value is -0.860. The van der Waals surface area contributed by atoms with Gasteiger partial charge >= 0.3 is 0 Å². The second kappa shape index (κ2) is 7.80. The Morgan fingerprint density at radius 3 is 2.40 bits per heavy atom. The van der Waals surface area contributed by atoms with Crippen molar-refractivity contribution in [2.75, 3.05) is 6.54 Å². The zero-order chi connectivity index (χ0) is 14.4. The van der Waals surface area contributed by atoms with Gasteiger partial charge in [-0.1, -0.05) is 51.8 Å². The summed E-state index contributed by atoms with van der Waals surface area (Å²) in [6.45, 7) is 9.40. The molecule has 2 rings (SSSR count). The van der Waals surface area contributed by atoms with Crippen LogP contribution in [0.15, 0.2) is 18.2 Å². The monoisotopic (exact) mass is 275 g/mol. The Bertz CT molecular complexity index is 410. The lowest BCUT2D eigenvalue weighted by Gasteiger charge is -2.28. The number of fused-ring (bicyclic) bond motifs is 1. The lowest BCUT2D eigenvalue weighted by Crippen LogP contribution is -2.28. The van der Waals surface area contributed by atoms with E-state index in [2.05, 4.69) is 44.3 Å². The topological polar surface area (TPSA) is 21.3 Å². The van der Waals surface area contributed by atoms with E-state index in [0.29, 0.717) is 6.04 Å². The van der Waals surface area contributed by atoms with Gasteiger partial charge in [-0.2, -0.15) is 0 Å². The molecule has 0 fully saturated rings. The van der Waals surface area contributed by atoms with E-state index in [4.69, 9.17) is 4.74 Å². The summed E-state index contributed by atoms with van der Waals surface area (Å²) >= 11 is 0. The average molecular weight is 275 g/mol. The Labute approximate surface area is 123 Å². The van der Waals surface area contributed by atoms with Gasteiger partial charge in [0.05, 0.1) is 13.2 Å². The summed E-state index contributed by atoms with van der Waals surface area (Å²) in [4.78, 5) is 0. The smallest absolute Gasteiger partial charge is 0.0725 e. The summed E-state index contributed by atoms with van der Waals surface area (Å²) in [7, 11) is 0. The molecular weight excluding hydrogens is 246 g/mol. The van der Waals surface area contributed by atoms with E-state index >= 15 is 0 Å². The standard InChI is InChI=1S/C18H29NO/c1-4-7-14(8-5-2)18(19-6-3)15-9-10-16-12-20-13-17(16)11-15/h9-11,14,18-19H,4-8,12-13H2,1-3H3. The van der Waals surface area contributed by atoms with Crippen molar-refractivity contribution in [3.63, 3.8) is 0 Å². The van der Waals surface area contributed by atoms with Crippen molar-refractivity contribution in [1.29, 1.82) is 0 Å². The number of nitrogens with one attached hydrogen (secondary N) is 1. The van der Waals surface area contributed by atoms with E-state index in [1.807, 2.05) is 0 Å².